The maximum Gasteiger partial charge on any atom is 0.190 e. The van der Waals surface area contributed by atoms with Crippen molar-refractivity contribution in [3.8, 4) is 0 Å². The normalized spacial score (nSPS) is 10.8. The zero-order valence-electron chi connectivity index (χ0n) is 10.7. The van der Waals surface area contributed by atoms with Gasteiger partial charge in [-0.1, -0.05) is 13.3 Å². The van der Waals surface area contributed by atoms with Gasteiger partial charge >= 0.3 is 0 Å². The minimum absolute atomic E-state index is 0.0808. The third kappa shape index (κ3) is 2.95. The highest BCUT2D eigenvalue weighted by atomic mass is 16.5. The number of aromatic nitrogens is 1. The molecule has 0 saturated heterocycles. The lowest BCUT2D eigenvalue weighted by Crippen LogP contribution is -2.10. The quantitative estimate of drug-likeness (QED) is 0.548. The van der Waals surface area contributed by atoms with Crippen molar-refractivity contribution in [1.82, 2.24) is 4.57 Å². The van der Waals surface area contributed by atoms with Gasteiger partial charge in [-0.05, 0) is 26.3 Å². The van der Waals surface area contributed by atoms with Crippen LogP contribution in [-0.4, -0.2) is 23.6 Å². The van der Waals surface area contributed by atoms with Crippen molar-refractivity contribution in [3.05, 3.63) is 23.0 Å². The first-order valence-electron chi connectivity index (χ1n) is 5.81. The van der Waals surface area contributed by atoms with E-state index in [2.05, 4.69) is 6.92 Å². The van der Waals surface area contributed by atoms with Crippen LogP contribution in [-0.2, 0) is 11.8 Å². The highest BCUT2D eigenvalue weighted by Gasteiger charge is 2.13. The van der Waals surface area contributed by atoms with E-state index in [9.17, 15) is 4.79 Å². The Labute approximate surface area is 97.4 Å². The van der Waals surface area contributed by atoms with E-state index in [4.69, 9.17) is 4.74 Å². The van der Waals surface area contributed by atoms with E-state index in [-0.39, 0.29) is 12.4 Å². The smallest absolute Gasteiger partial charge is 0.190 e. The van der Waals surface area contributed by atoms with E-state index in [0.29, 0.717) is 6.61 Å². The fourth-order valence-electron chi connectivity index (χ4n) is 1.63. The fraction of sp³-hybridized carbons (Fsp3) is 0.615. The maximum absolute atomic E-state index is 11.9. The number of hydrogen-bond donors (Lipinski definition) is 0. The molecule has 0 saturated carbocycles. The second kappa shape index (κ2) is 5.85. The van der Waals surface area contributed by atoms with Crippen molar-refractivity contribution in [2.24, 2.45) is 7.05 Å². The highest BCUT2D eigenvalue weighted by Crippen LogP contribution is 2.13. The molecule has 0 radical (unpaired) electrons. The van der Waals surface area contributed by atoms with Gasteiger partial charge in [0.05, 0.1) is 0 Å². The summed E-state index contributed by atoms with van der Waals surface area (Å²) in [6.45, 7) is 6.95. The molecule has 16 heavy (non-hydrogen) atoms. The molecule has 0 aliphatic carbocycles. The molecule has 0 spiro atoms. The third-order valence-electron chi connectivity index (χ3n) is 2.95. The molecule has 90 valence electrons. The van der Waals surface area contributed by atoms with Crippen molar-refractivity contribution in [2.75, 3.05) is 13.2 Å². The molecule has 0 atom stereocenters. The van der Waals surface area contributed by atoms with Crippen LogP contribution in [0, 0.1) is 13.8 Å². The number of ether oxygens (including phenoxy) is 1. The molecule has 0 bridgehead atoms. The van der Waals surface area contributed by atoms with E-state index in [1.807, 2.05) is 31.5 Å². The molecule has 3 heteroatoms. The number of carbonyl (C=O) groups excluding carboxylic acids is 1. The van der Waals surface area contributed by atoms with Crippen LogP contribution >= 0.6 is 0 Å². The molecule has 0 aromatic carbocycles. The first kappa shape index (κ1) is 13.0. The average molecular weight is 223 g/mol. The van der Waals surface area contributed by atoms with Crippen molar-refractivity contribution in [3.63, 3.8) is 0 Å². The summed E-state index contributed by atoms with van der Waals surface area (Å²) in [7, 11) is 1.97. The van der Waals surface area contributed by atoms with Gasteiger partial charge in [0.2, 0.25) is 0 Å². The summed E-state index contributed by atoms with van der Waals surface area (Å²) in [5, 5.41) is 0. The van der Waals surface area contributed by atoms with Gasteiger partial charge in [0.25, 0.3) is 0 Å². The van der Waals surface area contributed by atoms with E-state index in [0.717, 1.165) is 29.8 Å². The number of hydrogen-bond acceptors (Lipinski definition) is 2. The molecule has 0 fully saturated rings. The first-order chi connectivity index (χ1) is 7.57. The lowest BCUT2D eigenvalue weighted by molar-refractivity contribution is 0.0754. The largest absolute Gasteiger partial charge is 0.373 e. The number of aryl methyl sites for hydroxylation is 1. The van der Waals surface area contributed by atoms with Crippen LogP contribution in [0.5, 0.6) is 0 Å². The van der Waals surface area contributed by atoms with Gasteiger partial charge in [-0.25, -0.2) is 0 Å². The summed E-state index contributed by atoms with van der Waals surface area (Å²) >= 11 is 0. The van der Waals surface area contributed by atoms with E-state index < -0.39 is 0 Å². The molecular formula is C13H21NO2. The number of unbranched alkanes of at least 4 members (excludes halogenated alkanes) is 1. The summed E-state index contributed by atoms with van der Waals surface area (Å²) in [6, 6.07) is 1.93. The zero-order chi connectivity index (χ0) is 12.1. The van der Waals surface area contributed by atoms with Crippen molar-refractivity contribution in [2.45, 2.75) is 33.6 Å². The Kier molecular flexibility index (Phi) is 4.74. The first-order valence-corrected chi connectivity index (χ1v) is 5.81. The molecule has 1 rings (SSSR count). The highest BCUT2D eigenvalue weighted by molar-refractivity contribution is 5.98. The van der Waals surface area contributed by atoms with E-state index in [1.54, 1.807) is 0 Å². The van der Waals surface area contributed by atoms with Crippen LogP contribution in [0.25, 0.3) is 0 Å². The molecule has 1 heterocycles. The molecule has 0 aliphatic rings. The SMILES string of the molecule is CCCCOCC(=O)c1cc(C)n(C)c1C. The van der Waals surface area contributed by atoms with Crippen LogP contribution in [0.1, 0.15) is 41.5 Å². The zero-order valence-corrected chi connectivity index (χ0v) is 10.7. The number of rotatable bonds is 6. The summed E-state index contributed by atoms with van der Waals surface area (Å²) in [5.74, 6) is 0.0808. The van der Waals surface area contributed by atoms with Crippen LogP contribution in [0.3, 0.4) is 0 Å². The van der Waals surface area contributed by atoms with Crippen molar-refractivity contribution < 1.29 is 9.53 Å². The Morgan fingerprint density at radius 2 is 2.12 bits per heavy atom. The van der Waals surface area contributed by atoms with Crippen molar-refractivity contribution in [1.29, 1.82) is 0 Å². The van der Waals surface area contributed by atoms with Gasteiger partial charge in [-0.2, -0.15) is 0 Å². The molecule has 0 N–H and O–H groups in total. The summed E-state index contributed by atoms with van der Waals surface area (Å²) in [4.78, 5) is 11.9. The van der Waals surface area contributed by atoms with Crippen LogP contribution in [0.15, 0.2) is 6.07 Å². The lowest BCUT2D eigenvalue weighted by atomic mass is 10.1. The summed E-state index contributed by atoms with van der Waals surface area (Å²) in [6.07, 6.45) is 2.11. The number of nitrogens with zero attached hydrogens (tertiary/aromatic N) is 1. The molecule has 1 aromatic heterocycles. The average Bonchev–Trinajstić information content (AvgIpc) is 2.52. The molecule has 0 aliphatic heterocycles. The minimum atomic E-state index is 0.0808. The van der Waals surface area contributed by atoms with E-state index in [1.165, 1.54) is 0 Å². The second-order valence-corrected chi connectivity index (χ2v) is 4.17. The molecule has 0 amide bonds. The molecule has 0 unspecified atom stereocenters. The van der Waals surface area contributed by atoms with Gasteiger partial charge < -0.3 is 9.30 Å². The van der Waals surface area contributed by atoms with Crippen LogP contribution in [0.2, 0.25) is 0 Å². The Bertz CT molecular complexity index is 366. The predicted molar refractivity (Wildman–Crippen MR) is 64.9 cm³/mol. The van der Waals surface area contributed by atoms with Gasteiger partial charge in [-0.15, -0.1) is 0 Å². The number of carbonyl (C=O) groups is 1. The van der Waals surface area contributed by atoms with Gasteiger partial charge in [0, 0.05) is 30.6 Å². The van der Waals surface area contributed by atoms with Crippen LogP contribution in [0.4, 0.5) is 0 Å². The minimum Gasteiger partial charge on any atom is -0.373 e. The Balaban J connectivity index is 2.56. The Morgan fingerprint density at radius 1 is 1.44 bits per heavy atom. The van der Waals surface area contributed by atoms with Crippen molar-refractivity contribution >= 4 is 5.78 Å². The standard InChI is InChI=1S/C13H21NO2/c1-5-6-7-16-9-13(15)12-8-10(2)14(4)11(12)3/h8H,5-7,9H2,1-4H3. The molecule has 3 nitrogen and oxygen atoms in total. The fourth-order valence-corrected chi connectivity index (χ4v) is 1.63. The second-order valence-electron chi connectivity index (χ2n) is 4.17. The molecular weight excluding hydrogens is 202 g/mol. The Morgan fingerprint density at radius 3 is 2.62 bits per heavy atom. The van der Waals surface area contributed by atoms with Crippen LogP contribution < -0.4 is 0 Å². The lowest BCUT2D eigenvalue weighted by Gasteiger charge is -2.03. The van der Waals surface area contributed by atoms with Gasteiger partial charge in [-0.3, -0.25) is 4.79 Å². The summed E-state index contributed by atoms with van der Waals surface area (Å²) in [5.41, 5.74) is 2.91. The maximum atomic E-state index is 11.9. The topological polar surface area (TPSA) is 31.2 Å². The number of Topliss-reactive ketones (excluding diaryl/α,β-unsaturated/α-hetero) is 1. The predicted octanol–water partition coefficient (Wildman–Crippen LogP) is 2.64. The Hall–Kier alpha value is -1.09. The van der Waals surface area contributed by atoms with Gasteiger partial charge in [0.1, 0.15) is 6.61 Å². The third-order valence-corrected chi connectivity index (χ3v) is 2.95. The van der Waals surface area contributed by atoms with E-state index >= 15 is 0 Å². The molecule has 1 aromatic rings. The number of ketones is 1. The monoisotopic (exact) mass is 223 g/mol. The summed E-state index contributed by atoms with van der Waals surface area (Å²) < 4.78 is 7.36. The van der Waals surface area contributed by atoms with Gasteiger partial charge in [0.15, 0.2) is 5.78 Å².